The SMILES string of the molecule is C=CC(=O)N1CC(Nc2nc(Nc3ccc(N4CCN(C5COC5)CC4C)cc3)c3c(c2F)CNC3=O)CCC1C. The summed E-state index contributed by atoms with van der Waals surface area (Å²) >= 11 is 0. The van der Waals surface area contributed by atoms with Crippen molar-refractivity contribution in [1.29, 1.82) is 0 Å². The first kappa shape index (κ1) is 27.5. The molecule has 3 fully saturated rings. The molecule has 4 aliphatic rings. The molecule has 6 rings (SSSR count). The van der Waals surface area contributed by atoms with Gasteiger partial charge in [0.05, 0.1) is 24.8 Å². The summed E-state index contributed by atoms with van der Waals surface area (Å²) in [5.41, 5.74) is 2.41. The van der Waals surface area contributed by atoms with Gasteiger partial charge in [-0.15, -0.1) is 0 Å². The van der Waals surface area contributed by atoms with Gasteiger partial charge in [0, 0.05) is 67.8 Å². The van der Waals surface area contributed by atoms with Crippen LogP contribution in [0.4, 0.5) is 27.4 Å². The molecule has 3 saturated heterocycles. The smallest absolute Gasteiger partial charge is 0.255 e. The summed E-state index contributed by atoms with van der Waals surface area (Å²) in [7, 11) is 0. The number of nitrogens with zero attached hydrogens (tertiary/aromatic N) is 4. The standard InChI is InChI=1S/C30H38FN7O3/c1-4-25(39)38-15-21(6-5-18(38)2)34-29-27(31)24-13-32-30(40)26(24)28(35-29)33-20-7-9-22(10-8-20)37-12-11-36(14-19(37)3)23-16-41-17-23/h4,7-10,18-19,21,23H,1,5-6,11-17H2,2-3H3,(H,32,40)(H2,33,34,35). The van der Waals surface area contributed by atoms with E-state index in [0.29, 0.717) is 30.0 Å². The number of hydrogen-bond donors (Lipinski definition) is 3. The molecule has 3 unspecified atom stereocenters. The predicted octanol–water partition coefficient (Wildman–Crippen LogP) is 3.09. The van der Waals surface area contributed by atoms with E-state index in [4.69, 9.17) is 4.74 Å². The van der Waals surface area contributed by atoms with Crippen molar-refractivity contribution < 1.29 is 18.7 Å². The van der Waals surface area contributed by atoms with Crippen LogP contribution in [0.3, 0.4) is 0 Å². The molecule has 3 atom stereocenters. The number of amides is 2. The third-order valence-electron chi connectivity index (χ3n) is 8.83. The van der Waals surface area contributed by atoms with Crippen LogP contribution in [0, 0.1) is 5.82 Å². The molecule has 218 valence electrons. The van der Waals surface area contributed by atoms with E-state index >= 15 is 4.39 Å². The maximum atomic E-state index is 15.6. The highest BCUT2D eigenvalue weighted by atomic mass is 19.1. The lowest BCUT2D eigenvalue weighted by Crippen LogP contribution is -2.59. The third-order valence-corrected chi connectivity index (χ3v) is 8.83. The van der Waals surface area contributed by atoms with E-state index in [0.717, 1.165) is 57.1 Å². The lowest BCUT2D eigenvalue weighted by Gasteiger charge is -2.46. The molecule has 1 aromatic carbocycles. The molecular formula is C30H38FN7O3. The van der Waals surface area contributed by atoms with E-state index < -0.39 is 5.82 Å². The molecule has 3 N–H and O–H groups in total. The lowest BCUT2D eigenvalue weighted by molar-refractivity contribution is -0.129. The Morgan fingerprint density at radius 3 is 2.59 bits per heavy atom. The first-order chi connectivity index (χ1) is 19.8. The minimum Gasteiger partial charge on any atom is -0.378 e. The average molecular weight is 564 g/mol. The number of rotatable bonds is 7. The number of nitrogens with one attached hydrogen (secondary N) is 3. The quantitative estimate of drug-likeness (QED) is 0.442. The van der Waals surface area contributed by atoms with Crippen molar-refractivity contribution in [2.24, 2.45) is 0 Å². The maximum absolute atomic E-state index is 15.6. The molecule has 2 amide bonds. The van der Waals surface area contributed by atoms with Crippen molar-refractivity contribution in [2.75, 3.05) is 54.9 Å². The first-order valence-electron chi connectivity index (χ1n) is 14.5. The molecule has 0 saturated carbocycles. The monoisotopic (exact) mass is 563 g/mol. The Hall–Kier alpha value is -3.70. The number of benzene rings is 1. The normalized spacial score (nSPS) is 24.9. The van der Waals surface area contributed by atoms with Gasteiger partial charge >= 0.3 is 0 Å². The molecule has 41 heavy (non-hydrogen) atoms. The summed E-state index contributed by atoms with van der Waals surface area (Å²) in [5, 5.41) is 9.20. The van der Waals surface area contributed by atoms with Gasteiger partial charge in [0.2, 0.25) is 5.91 Å². The van der Waals surface area contributed by atoms with Gasteiger partial charge in [-0.3, -0.25) is 14.5 Å². The van der Waals surface area contributed by atoms with Crippen LogP contribution in [-0.2, 0) is 16.1 Å². The molecule has 0 aliphatic carbocycles. The van der Waals surface area contributed by atoms with Crippen molar-refractivity contribution in [2.45, 2.75) is 57.4 Å². The molecule has 1 aromatic heterocycles. The Balaban J connectivity index is 1.19. The van der Waals surface area contributed by atoms with Gasteiger partial charge in [0.15, 0.2) is 11.6 Å². The Morgan fingerprint density at radius 2 is 1.90 bits per heavy atom. The fourth-order valence-corrected chi connectivity index (χ4v) is 6.32. The van der Waals surface area contributed by atoms with E-state index in [1.165, 1.54) is 6.08 Å². The fraction of sp³-hybridized carbons (Fsp3) is 0.500. The Kier molecular flexibility index (Phi) is 7.56. The van der Waals surface area contributed by atoms with Gasteiger partial charge in [-0.1, -0.05) is 6.58 Å². The van der Waals surface area contributed by atoms with Gasteiger partial charge in [0.25, 0.3) is 5.91 Å². The van der Waals surface area contributed by atoms with E-state index in [1.54, 1.807) is 4.90 Å². The van der Waals surface area contributed by atoms with E-state index in [-0.39, 0.29) is 41.8 Å². The molecule has 2 aromatic rings. The number of piperidine rings is 1. The van der Waals surface area contributed by atoms with Crippen molar-refractivity contribution in [3.8, 4) is 0 Å². The molecule has 11 heteroatoms. The van der Waals surface area contributed by atoms with E-state index in [9.17, 15) is 9.59 Å². The fourth-order valence-electron chi connectivity index (χ4n) is 6.32. The Morgan fingerprint density at radius 1 is 1.12 bits per heavy atom. The van der Waals surface area contributed by atoms with Crippen LogP contribution in [-0.4, -0.2) is 90.2 Å². The number of pyridine rings is 1. The predicted molar refractivity (Wildman–Crippen MR) is 156 cm³/mol. The van der Waals surface area contributed by atoms with Crippen molar-refractivity contribution >= 4 is 34.8 Å². The average Bonchev–Trinajstić information content (AvgIpc) is 3.33. The number of hydrogen-bond acceptors (Lipinski definition) is 8. The Bertz CT molecular complexity index is 1330. The molecule has 4 aliphatic heterocycles. The second-order valence-electron chi connectivity index (χ2n) is 11.5. The van der Waals surface area contributed by atoms with Gasteiger partial charge in [-0.05, 0) is 57.0 Å². The summed E-state index contributed by atoms with van der Waals surface area (Å²) in [4.78, 5) is 36.2. The van der Waals surface area contributed by atoms with Gasteiger partial charge in [-0.2, -0.15) is 0 Å². The number of halogens is 1. The highest BCUT2D eigenvalue weighted by Crippen LogP contribution is 2.33. The summed E-state index contributed by atoms with van der Waals surface area (Å²) < 4.78 is 20.9. The number of ether oxygens (including phenoxy) is 1. The number of aromatic nitrogens is 1. The third kappa shape index (κ3) is 5.36. The van der Waals surface area contributed by atoms with Crippen LogP contribution in [0.25, 0.3) is 0 Å². The summed E-state index contributed by atoms with van der Waals surface area (Å²) in [6.07, 6.45) is 2.86. The molecule has 0 radical (unpaired) electrons. The highest BCUT2D eigenvalue weighted by Gasteiger charge is 2.34. The second-order valence-corrected chi connectivity index (χ2v) is 11.5. The summed E-state index contributed by atoms with van der Waals surface area (Å²) in [5.74, 6) is -0.653. The second kappa shape index (κ2) is 11.3. The largest absolute Gasteiger partial charge is 0.378 e. The Labute approximate surface area is 239 Å². The molecule has 10 nitrogen and oxygen atoms in total. The first-order valence-corrected chi connectivity index (χ1v) is 14.5. The molecule has 0 bridgehead atoms. The van der Waals surface area contributed by atoms with Gasteiger partial charge in [0.1, 0.15) is 5.82 Å². The number of carbonyl (C=O) groups is 2. The van der Waals surface area contributed by atoms with Crippen molar-refractivity contribution in [1.82, 2.24) is 20.1 Å². The summed E-state index contributed by atoms with van der Waals surface area (Å²) in [6.45, 7) is 13.0. The number of piperazine rings is 1. The number of carbonyl (C=O) groups excluding carboxylic acids is 2. The molecule has 5 heterocycles. The van der Waals surface area contributed by atoms with Crippen LogP contribution in [0.15, 0.2) is 36.9 Å². The summed E-state index contributed by atoms with van der Waals surface area (Å²) in [6, 6.07) is 8.90. The number of likely N-dealkylation sites (tertiary alicyclic amines) is 1. The topological polar surface area (TPSA) is 102 Å². The minimum absolute atomic E-state index is 0.0773. The zero-order valence-corrected chi connectivity index (χ0v) is 23.7. The number of fused-ring (bicyclic) bond motifs is 1. The van der Waals surface area contributed by atoms with Crippen LogP contribution in [0.1, 0.15) is 42.6 Å². The molecular weight excluding hydrogens is 525 g/mol. The van der Waals surface area contributed by atoms with Gasteiger partial charge < -0.3 is 30.5 Å². The lowest BCUT2D eigenvalue weighted by atomic mass is 9.99. The molecule has 0 spiro atoms. The van der Waals surface area contributed by atoms with E-state index in [2.05, 4.69) is 56.4 Å². The highest BCUT2D eigenvalue weighted by molar-refractivity contribution is 6.03. The van der Waals surface area contributed by atoms with Crippen molar-refractivity contribution in [3.63, 3.8) is 0 Å². The minimum atomic E-state index is -0.541. The van der Waals surface area contributed by atoms with Crippen LogP contribution in [0.2, 0.25) is 0 Å². The van der Waals surface area contributed by atoms with Crippen LogP contribution < -0.4 is 20.9 Å². The van der Waals surface area contributed by atoms with Crippen molar-refractivity contribution in [3.05, 3.63) is 53.9 Å². The van der Waals surface area contributed by atoms with E-state index in [1.807, 2.05) is 19.1 Å². The van der Waals surface area contributed by atoms with Crippen LogP contribution >= 0.6 is 0 Å². The van der Waals surface area contributed by atoms with Gasteiger partial charge in [-0.25, -0.2) is 9.37 Å². The maximum Gasteiger partial charge on any atom is 0.255 e. The number of anilines is 4. The van der Waals surface area contributed by atoms with Crippen LogP contribution in [0.5, 0.6) is 0 Å². The zero-order valence-electron chi connectivity index (χ0n) is 23.7. The zero-order chi connectivity index (χ0) is 28.7.